The average Bonchev–Trinajstić information content (AvgIpc) is 3.08. The SMILES string of the molecule is CCOc1ccccc1NC(=O)CSc1nc2c(c(=O)n1CCOC)SC(C)C2. The fourth-order valence-corrected chi connectivity index (χ4v) is 4.95. The zero-order valence-electron chi connectivity index (χ0n) is 16.8. The number of hydrogen-bond acceptors (Lipinski definition) is 7. The van der Waals surface area contributed by atoms with Crippen molar-refractivity contribution in [2.24, 2.45) is 0 Å². The van der Waals surface area contributed by atoms with Crippen molar-refractivity contribution in [2.45, 2.75) is 42.1 Å². The minimum Gasteiger partial charge on any atom is -0.492 e. The summed E-state index contributed by atoms with van der Waals surface area (Å²) in [5, 5.41) is 3.76. The summed E-state index contributed by atoms with van der Waals surface area (Å²) < 4.78 is 12.3. The molecule has 7 nitrogen and oxygen atoms in total. The lowest BCUT2D eigenvalue weighted by Gasteiger charge is -2.14. The van der Waals surface area contributed by atoms with Gasteiger partial charge in [0.15, 0.2) is 5.16 Å². The Bertz CT molecular complexity index is 932. The van der Waals surface area contributed by atoms with Gasteiger partial charge in [-0.05, 0) is 19.1 Å². The number of ether oxygens (including phenoxy) is 2. The van der Waals surface area contributed by atoms with E-state index < -0.39 is 0 Å². The van der Waals surface area contributed by atoms with Crippen molar-refractivity contribution >= 4 is 35.1 Å². The molecule has 0 radical (unpaired) electrons. The first kappa shape index (κ1) is 21.7. The zero-order valence-corrected chi connectivity index (χ0v) is 18.4. The van der Waals surface area contributed by atoms with E-state index in [0.29, 0.717) is 46.5 Å². The lowest BCUT2D eigenvalue weighted by molar-refractivity contribution is -0.113. The Labute approximate surface area is 178 Å². The van der Waals surface area contributed by atoms with Crippen molar-refractivity contribution in [1.82, 2.24) is 9.55 Å². The molecule has 156 valence electrons. The molecule has 0 saturated carbocycles. The standard InChI is InChI=1S/C20H25N3O4S2/c1-4-27-16-8-6-5-7-14(16)21-17(24)12-28-20-22-15-11-13(2)29-18(15)19(25)23(20)9-10-26-3/h5-8,13H,4,9-12H2,1-3H3,(H,21,24). The van der Waals surface area contributed by atoms with Gasteiger partial charge in [0, 0.05) is 18.8 Å². The van der Waals surface area contributed by atoms with Gasteiger partial charge in [0.1, 0.15) is 5.75 Å². The van der Waals surface area contributed by atoms with Crippen LogP contribution in [0.3, 0.4) is 0 Å². The van der Waals surface area contributed by atoms with Crippen molar-refractivity contribution in [3.05, 3.63) is 40.3 Å². The number of amides is 1. The largest absolute Gasteiger partial charge is 0.492 e. The molecule has 1 N–H and O–H groups in total. The van der Waals surface area contributed by atoms with Gasteiger partial charge in [-0.15, -0.1) is 11.8 Å². The second-order valence-corrected chi connectivity index (χ2v) is 8.91. The van der Waals surface area contributed by atoms with Gasteiger partial charge in [-0.1, -0.05) is 30.8 Å². The summed E-state index contributed by atoms with van der Waals surface area (Å²) in [6.45, 7) is 5.31. The highest BCUT2D eigenvalue weighted by molar-refractivity contribution is 8.00. The highest BCUT2D eigenvalue weighted by atomic mass is 32.2. The van der Waals surface area contributed by atoms with E-state index in [4.69, 9.17) is 9.47 Å². The molecule has 1 aromatic heterocycles. The van der Waals surface area contributed by atoms with E-state index in [-0.39, 0.29) is 17.2 Å². The molecule has 0 spiro atoms. The number of benzene rings is 1. The number of para-hydroxylation sites is 2. The van der Waals surface area contributed by atoms with Crippen LogP contribution in [0.4, 0.5) is 5.69 Å². The van der Waals surface area contributed by atoms with Gasteiger partial charge in [-0.25, -0.2) is 4.98 Å². The molecule has 2 aromatic rings. The van der Waals surface area contributed by atoms with Crippen LogP contribution in [0.15, 0.2) is 39.1 Å². The summed E-state index contributed by atoms with van der Waals surface area (Å²) in [6.07, 6.45) is 0.766. The minimum atomic E-state index is -0.182. The molecule has 1 amide bonds. The van der Waals surface area contributed by atoms with E-state index in [9.17, 15) is 9.59 Å². The third-order valence-corrected chi connectivity index (χ3v) is 6.47. The molecule has 0 saturated heterocycles. The maximum atomic E-state index is 12.9. The first-order valence-electron chi connectivity index (χ1n) is 9.47. The number of aromatic nitrogens is 2. The van der Waals surface area contributed by atoms with E-state index in [0.717, 1.165) is 12.1 Å². The lowest BCUT2D eigenvalue weighted by Crippen LogP contribution is -2.27. The van der Waals surface area contributed by atoms with Crippen LogP contribution in [0.5, 0.6) is 5.75 Å². The third-order valence-electron chi connectivity index (χ3n) is 4.28. The average molecular weight is 436 g/mol. The topological polar surface area (TPSA) is 82.5 Å². The number of rotatable bonds is 9. The van der Waals surface area contributed by atoms with Gasteiger partial charge < -0.3 is 14.8 Å². The lowest BCUT2D eigenvalue weighted by atomic mass is 10.2. The van der Waals surface area contributed by atoms with Crippen LogP contribution in [-0.4, -0.2) is 46.8 Å². The van der Waals surface area contributed by atoms with Gasteiger partial charge in [-0.2, -0.15) is 0 Å². The highest BCUT2D eigenvalue weighted by Crippen LogP contribution is 2.34. The summed E-state index contributed by atoms with van der Waals surface area (Å²) in [4.78, 5) is 30.8. The molecule has 1 atom stereocenters. The number of nitrogens with zero attached hydrogens (tertiary/aromatic N) is 2. The number of nitrogens with one attached hydrogen (secondary N) is 1. The molecular formula is C20H25N3O4S2. The Morgan fingerprint density at radius 2 is 2.21 bits per heavy atom. The Balaban J connectivity index is 1.74. The van der Waals surface area contributed by atoms with Crippen molar-refractivity contribution < 1.29 is 14.3 Å². The molecule has 2 heterocycles. The predicted molar refractivity (Wildman–Crippen MR) is 116 cm³/mol. The summed E-state index contributed by atoms with van der Waals surface area (Å²) in [5.74, 6) is 0.589. The van der Waals surface area contributed by atoms with E-state index in [1.807, 2.05) is 25.1 Å². The fraction of sp³-hybridized carbons (Fsp3) is 0.450. The third kappa shape index (κ3) is 5.34. The monoisotopic (exact) mass is 435 g/mol. The van der Waals surface area contributed by atoms with Crippen LogP contribution >= 0.6 is 23.5 Å². The van der Waals surface area contributed by atoms with E-state index in [1.54, 1.807) is 29.5 Å². The summed E-state index contributed by atoms with van der Waals surface area (Å²) in [6, 6.07) is 7.32. The van der Waals surface area contributed by atoms with Crippen LogP contribution < -0.4 is 15.6 Å². The van der Waals surface area contributed by atoms with E-state index in [2.05, 4.69) is 17.2 Å². The number of carbonyl (C=O) groups excluding carboxylic acids is 1. The molecule has 29 heavy (non-hydrogen) atoms. The van der Waals surface area contributed by atoms with Crippen molar-refractivity contribution in [3.8, 4) is 5.75 Å². The first-order chi connectivity index (χ1) is 14.0. The van der Waals surface area contributed by atoms with Crippen molar-refractivity contribution in [1.29, 1.82) is 0 Å². The molecule has 1 unspecified atom stereocenters. The molecule has 3 rings (SSSR count). The molecular weight excluding hydrogens is 410 g/mol. The summed E-state index contributed by atoms with van der Waals surface area (Å²) in [7, 11) is 1.60. The smallest absolute Gasteiger partial charge is 0.268 e. The Hall–Kier alpha value is -1.97. The number of methoxy groups -OCH3 is 1. The molecule has 0 aliphatic carbocycles. The summed E-state index contributed by atoms with van der Waals surface area (Å²) >= 11 is 2.83. The molecule has 1 aliphatic rings. The normalized spacial score (nSPS) is 15.2. The predicted octanol–water partition coefficient (Wildman–Crippen LogP) is 3.06. The minimum absolute atomic E-state index is 0.0500. The van der Waals surface area contributed by atoms with Crippen LogP contribution in [-0.2, 0) is 22.5 Å². The Morgan fingerprint density at radius 1 is 1.41 bits per heavy atom. The van der Waals surface area contributed by atoms with Gasteiger partial charge >= 0.3 is 0 Å². The van der Waals surface area contributed by atoms with E-state index >= 15 is 0 Å². The zero-order chi connectivity index (χ0) is 20.8. The summed E-state index contributed by atoms with van der Waals surface area (Å²) in [5.41, 5.74) is 1.40. The molecule has 9 heteroatoms. The number of anilines is 1. The maximum Gasteiger partial charge on any atom is 0.268 e. The Kier molecular flexibility index (Phi) is 7.63. The van der Waals surface area contributed by atoms with Crippen molar-refractivity contribution in [2.75, 3.05) is 31.4 Å². The van der Waals surface area contributed by atoms with E-state index in [1.165, 1.54) is 11.8 Å². The molecule has 1 aliphatic heterocycles. The van der Waals surface area contributed by atoms with Crippen LogP contribution in [0.1, 0.15) is 19.5 Å². The molecule has 0 bridgehead atoms. The highest BCUT2D eigenvalue weighted by Gasteiger charge is 2.26. The second kappa shape index (κ2) is 10.2. The number of carbonyl (C=O) groups is 1. The van der Waals surface area contributed by atoms with Gasteiger partial charge in [0.05, 0.1) is 41.8 Å². The molecule has 1 aromatic carbocycles. The fourth-order valence-electron chi connectivity index (χ4n) is 2.99. The van der Waals surface area contributed by atoms with Gasteiger partial charge in [0.2, 0.25) is 5.91 Å². The first-order valence-corrected chi connectivity index (χ1v) is 11.3. The van der Waals surface area contributed by atoms with Crippen molar-refractivity contribution in [3.63, 3.8) is 0 Å². The second-order valence-electron chi connectivity index (χ2n) is 6.52. The van der Waals surface area contributed by atoms with Crippen LogP contribution in [0, 0.1) is 0 Å². The maximum absolute atomic E-state index is 12.9. The van der Waals surface area contributed by atoms with Crippen LogP contribution in [0.25, 0.3) is 0 Å². The number of hydrogen-bond donors (Lipinski definition) is 1. The number of fused-ring (bicyclic) bond motifs is 1. The number of thioether (sulfide) groups is 2. The van der Waals surface area contributed by atoms with Gasteiger partial charge in [-0.3, -0.25) is 14.2 Å². The van der Waals surface area contributed by atoms with Crippen LogP contribution in [0.2, 0.25) is 0 Å². The van der Waals surface area contributed by atoms with Gasteiger partial charge in [0.25, 0.3) is 5.56 Å². The Morgan fingerprint density at radius 3 is 2.97 bits per heavy atom. The molecule has 0 fully saturated rings. The quantitative estimate of drug-likeness (QED) is 0.479.